The van der Waals surface area contributed by atoms with Crippen molar-refractivity contribution in [2.24, 2.45) is 5.41 Å². The Morgan fingerprint density at radius 3 is 2.70 bits per heavy atom. The normalized spacial score (nSPS) is 18.0. The van der Waals surface area contributed by atoms with E-state index >= 15 is 0 Å². The first-order valence-electron chi connectivity index (χ1n) is 10.5. The summed E-state index contributed by atoms with van der Waals surface area (Å²) in [4.78, 5) is 15.0. The summed E-state index contributed by atoms with van der Waals surface area (Å²) in [6.07, 6.45) is 4.17. The molecule has 158 valence electrons. The Bertz CT molecular complexity index is 922. The molecule has 2 aliphatic rings. The maximum Gasteiger partial charge on any atom is 0.289 e. The number of rotatable bonds is 6. The third-order valence-electron chi connectivity index (χ3n) is 6.40. The molecule has 30 heavy (non-hydrogen) atoms. The minimum atomic E-state index is -0.180. The zero-order valence-corrected chi connectivity index (χ0v) is 17.4. The fraction of sp³-hybridized carbons (Fsp3) is 0.545. The summed E-state index contributed by atoms with van der Waals surface area (Å²) < 4.78 is 7.03. The molecule has 2 aromatic rings. The summed E-state index contributed by atoms with van der Waals surface area (Å²) in [5.41, 5.74) is 2.15. The molecular weight excluding hydrogens is 380 g/mol. The Labute approximate surface area is 176 Å². The van der Waals surface area contributed by atoms with Gasteiger partial charge in [0, 0.05) is 33.2 Å². The molecule has 1 spiro atoms. The van der Waals surface area contributed by atoms with Crippen molar-refractivity contribution < 1.29 is 9.53 Å². The van der Waals surface area contributed by atoms with E-state index in [0.717, 1.165) is 57.7 Å². The minimum absolute atomic E-state index is 0.180. The Balaban J connectivity index is 1.37. The van der Waals surface area contributed by atoms with Gasteiger partial charge in [0.25, 0.3) is 5.91 Å². The highest BCUT2D eigenvalue weighted by Gasteiger charge is 2.39. The lowest BCUT2D eigenvalue weighted by molar-refractivity contribution is 0.0617. The highest BCUT2D eigenvalue weighted by atomic mass is 16.5. The Morgan fingerprint density at radius 1 is 1.23 bits per heavy atom. The third-order valence-corrected chi connectivity index (χ3v) is 6.40. The summed E-state index contributed by atoms with van der Waals surface area (Å²) in [6, 6.07) is 10.0. The number of aryl methyl sites for hydroxylation is 1. The van der Waals surface area contributed by atoms with E-state index in [4.69, 9.17) is 10.00 Å². The van der Waals surface area contributed by atoms with Crippen molar-refractivity contribution in [2.75, 3.05) is 33.4 Å². The summed E-state index contributed by atoms with van der Waals surface area (Å²) >= 11 is 0. The number of benzene rings is 1. The third kappa shape index (κ3) is 4.37. The number of nitriles is 1. The molecule has 4 rings (SSSR count). The van der Waals surface area contributed by atoms with Gasteiger partial charge >= 0.3 is 0 Å². The number of nitrogens with zero attached hydrogens (tertiary/aromatic N) is 5. The van der Waals surface area contributed by atoms with E-state index in [1.165, 1.54) is 5.56 Å². The van der Waals surface area contributed by atoms with Crippen molar-refractivity contribution in [1.82, 2.24) is 25.0 Å². The van der Waals surface area contributed by atoms with E-state index in [2.05, 4.69) is 26.5 Å². The molecule has 0 atom stereocenters. The predicted octanol–water partition coefficient (Wildman–Crippen LogP) is 1.75. The average molecular weight is 409 g/mol. The van der Waals surface area contributed by atoms with Crippen LogP contribution in [0.2, 0.25) is 0 Å². The van der Waals surface area contributed by atoms with E-state index in [1.54, 1.807) is 7.11 Å². The number of piperidine rings is 1. The van der Waals surface area contributed by atoms with Gasteiger partial charge in [0.15, 0.2) is 0 Å². The number of nitrogens with one attached hydrogen (secondary N) is 1. The van der Waals surface area contributed by atoms with Crippen LogP contribution in [0.5, 0.6) is 0 Å². The molecule has 1 aromatic carbocycles. The first-order valence-corrected chi connectivity index (χ1v) is 10.5. The van der Waals surface area contributed by atoms with Gasteiger partial charge in [-0.3, -0.25) is 9.69 Å². The SMILES string of the molecule is COCCNC(=O)c1nnc2n1CC1(CC2)CCN(Cc2ccc(C#N)cc2)CC1. The van der Waals surface area contributed by atoms with E-state index in [0.29, 0.717) is 24.5 Å². The van der Waals surface area contributed by atoms with Crippen LogP contribution in [0.15, 0.2) is 24.3 Å². The monoisotopic (exact) mass is 408 g/mol. The van der Waals surface area contributed by atoms with Crippen molar-refractivity contribution in [1.29, 1.82) is 5.26 Å². The maximum atomic E-state index is 12.5. The van der Waals surface area contributed by atoms with Crippen LogP contribution < -0.4 is 5.32 Å². The number of carbonyl (C=O) groups excluding carboxylic acids is 1. The van der Waals surface area contributed by atoms with Gasteiger partial charge in [-0.15, -0.1) is 10.2 Å². The second-order valence-corrected chi connectivity index (χ2v) is 8.36. The molecule has 0 unspecified atom stereocenters. The van der Waals surface area contributed by atoms with Crippen molar-refractivity contribution in [3.63, 3.8) is 0 Å². The number of ether oxygens (including phenoxy) is 1. The molecule has 0 bridgehead atoms. The minimum Gasteiger partial charge on any atom is -0.383 e. The summed E-state index contributed by atoms with van der Waals surface area (Å²) in [6.45, 7) is 4.73. The second-order valence-electron chi connectivity index (χ2n) is 8.36. The van der Waals surface area contributed by atoms with Gasteiger partial charge in [-0.1, -0.05) is 12.1 Å². The lowest BCUT2D eigenvalue weighted by Crippen LogP contribution is -2.45. The lowest BCUT2D eigenvalue weighted by atomic mass is 9.73. The summed E-state index contributed by atoms with van der Waals surface area (Å²) in [5.74, 6) is 1.15. The molecule has 1 amide bonds. The molecule has 1 aromatic heterocycles. The summed E-state index contributed by atoms with van der Waals surface area (Å²) in [5, 5.41) is 20.2. The lowest BCUT2D eigenvalue weighted by Gasteiger charge is -2.44. The van der Waals surface area contributed by atoms with Crippen LogP contribution >= 0.6 is 0 Å². The number of fused-ring (bicyclic) bond motifs is 1. The van der Waals surface area contributed by atoms with Gasteiger partial charge in [0.2, 0.25) is 5.82 Å². The highest BCUT2D eigenvalue weighted by molar-refractivity contribution is 5.90. The van der Waals surface area contributed by atoms with Crippen LogP contribution in [-0.4, -0.2) is 58.9 Å². The Hall–Kier alpha value is -2.76. The molecule has 0 saturated carbocycles. The topological polar surface area (TPSA) is 96.1 Å². The van der Waals surface area contributed by atoms with Crippen LogP contribution in [0.4, 0.5) is 0 Å². The van der Waals surface area contributed by atoms with E-state index < -0.39 is 0 Å². The quantitative estimate of drug-likeness (QED) is 0.732. The van der Waals surface area contributed by atoms with Crippen LogP contribution in [0.1, 0.15) is 46.8 Å². The van der Waals surface area contributed by atoms with Crippen molar-refractivity contribution in [3.8, 4) is 6.07 Å². The van der Waals surface area contributed by atoms with Crippen LogP contribution in [0.3, 0.4) is 0 Å². The van der Waals surface area contributed by atoms with Gasteiger partial charge in [-0.2, -0.15) is 5.26 Å². The average Bonchev–Trinajstić information content (AvgIpc) is 3.19. The smallest absolute Gasteiger partial charge is 0.289 e. The Morgan fingerprint density at radius 2 is 2.00 bits per heavy atom. The fourth-order valence-electron chi connectivity index (χ4n) is 4.53. The van der Waals surface area contributed by atoms with Gasteiger partial charge in [-0.05, 0) is 55.5 Å². The predicted molar refractivity (Wildman–Crippen MR) is 111 cm³/mol. The Kier molecular flexibility index (Phi) is 6.11. The maximum absolute atomic E-state index is 12.5. The van der Waals surface area contributed by atoms with Gasteiger partial charge in [-0.25, -0.2) is 0 Å². The van der Waals surface area contributed by atoms with Crippen LogP contribution in [0.25, 0.3) is 0 Å². The molecular formula is C22H28N6O2. The highest BCUT2D eigenvalue weighted by Crippen LogP contribution is 2.41. The van der Waals surface area contributed by atoms with Gasteiger partial charge < -0.3 is 14.6 Å². The van der Waals surface area contributed by atoms with Crippen LogP contribution in [-0.2, 0) is 24.2 Å². The first-order chi connectivity index (χ1) is 14.6. The van der Waals surface area contributed by atoms with E-state index in [9.17, 15) is 4.79 Å². The van der Waals surface area contributed by atoms with Crippen molar-refractivity contribution in [3.05, 3.63) is 47.0 Å². The van der Waals surface area contributed by atoms with Crippen molar-refractivity contribution in [2.45, 2.75) is 38.8 Å². The molecule has 8 heteroatoms. The van der Waals surface area contributed by atoms with Gasteiger partial charge in [0.1, 0.15) is 5.82 Å². The number of hydrogen-bond acceptors (Lipinski definition) is 6. The molecule has 8 nitrogen and oxygen atoms in total. The molecule has 2 aliphatic heterocycles. The second kappa shape index (κ2) is 8.94. The zero-order valence-electron chi connectivity index (χ0n) is 17.4. The number of likely N-dealkylation sites (tertiary alicyclic amines) is 1. The van der Waals surface area contributed by atoms with E-state index in [1.807, 2.05) is 28.8 Å². The fourth-order valence-corrected chi connectivity index (χ4v) is 4.53. The zero-order chi connectivity index (χ0) is 21.0. The number of aromatic nitrogens is 3. The largest absolute Gasteiger partial charge is 0.383 e. The number of methoxy groups -OCH3 is 1. The van der Waals surface area contributed by atoms with E-state index in [-0.39, 0.29) is 11.3 Å². The molecule has 3 heterocycles. The molecule has 0 radical (unpaired) electrons. The van der Waals surface area contributed by atoms with Crippen molar-refractivity contribution >= 4 is 5.91 Å². The standard InChI is InChI=1S/C22H28N6O2/c1-30-13-10-24-21(29)20-26-25-19-6-7-22(16-28(19)20)8-11-27(12-9-22)15-18-4-2-17(14-23)3-5-18/h2-5H,6-13,15-16H2,1H3,(H,24,29). The first kappa shape index (κ1) is 20.5. The summed E-state index contributed by atoms with van der Waals surface area (Å²) in [7, 11) is 1.61. The van der Waals surface area contributed by atoms with Crippen LogP contribution in [0, 0.1) is 16.7 Å². The number of hydrogen-bond donors (Lipinski definition) is 1. The molecule has 0 aliphatic carbocycles. The number of carbonyl (C=O) groups is 1. The molecule has 1 N–H and O–H groups in total. The molecule has 1 saturated heterocycles. The van der Waals surface area contributed by atoms with Gasteiger partial charge in [0.05, 0.1) is 18.2 Å². The molecule has 1 fully saturated rings. The number of amides is 1.